The minimum atomic E-state index is 0.336. The molecule has 0 spiro atoms. The summed E-state index contributed by atoms with van der Waals surface area (Å²) in [6, 6.07) is 8.25. The lowest BCUT2D eigenvalue weighted by atomic mass is 10.1. The third-order valence-corrected chi connectivity index (χ3v) is 7.43. The maximum atomic E-state index is 6.15. The van der Waals surface area contributed by atoms with Gasteiger partial charge in [-0.1, -0.05) is 0 Å². The fourth-order valence-corrected chi connectivity index (χ4v) is 5.18. The summed E-state index contributed by atoms with van der Waals surface area (Å²) < 4.78 is 12.6. The molecule has 37 heavy (non-hydrogen) atoms. The first-order chi connectivity index (χ1) is 18.0. The molecule has 2 aromatic carbocycles. The number of anilines is 5. The second-order valence-corrected chi connectivity index (χ2v) is 10.1. The van der Waals surface area contributed by atoms with Crippen LogP contribution in [0.2, 0.25) is 0 Å². The molecule has 2 aliphatic heterocycles. The lowest BCUT2D eigenvalue weighted by Gasteiger charge is -2.44. The predicted molar refractivity (Wildman–Crippen MR) is 148 cm³/mol. The second kappa shape index (κ2) is 9.64. The van der Waals surface area contributed by atoms with Gasteiger partial charge in [0, 0.05) is 61.6 Å². The molecule has 0 bridgehead atoms. The number of piperazine rings is 1. The van der Waals surface area contributed by atoms with E-state index < -0.39 is 0 Å². The number of fused-ring (bicyclic) bond motifs is 4. The van der Waals surface area contributed by atoms with Gasteiger partial charge in [-0.3, -0.25) is 9.97 Å². The van der Waals surface area contributed by atoms with Crippen molar-refractivity contribution in [3.63, 3.8) is 0 Å². The van der Waals surface area contributed by atoms with Crippen LogP contribution in [-0.2, 0) is 0 Å². The molecule has 2 aliphatic rings. The van der Waals surface area contributed by atoms with Crippen LogP contribution in [-0.4, -0.2) is 71.3 Å². The number of aromatic nitrogens is 4. The van der Waals surface area contributed by atoms with Crippen LogP contribution in [0.25, 0.3) is 11.0 Å². The molecule has 1 saturated heterocycles. The van der Waals surface area contributed by atoms with E-state index in [0.29, 0.717) is 30.2 Å². The van der Waals surface area contributed by atoms with Crippen molar-refractivity contribution < 1.29 is 9.47 Å². The number of nitrogens with zero attached hydrogens (tertiary/aromatic N) is 6. The lowest BCUT2D eigenvalue weighted by molar-refractivity contribution is 0.188. The van der Waals surface area contributed by atoms with E-state index in [9.17, 15) is 0 Å². The molecule has 6 rings (SSSR count). The SMILES string of the molecule is COc1cc2c(cc1Nc1ncc(Br)c(Nc3ccc4nccnc4c3C)n1)OCC1CN(C)CCN21. The van der Waals surface area contributed by atoms with Crippen LogP contribution in [0.5, 0.6) is 11.5 Å². The number of hydrogen-bond donors (Lipinski definition) is 2. The zero-order valence-electron chi connectivity index (χ0n) is 20.8. The van der Waals surface area contributed by atoms with Gasteiger partial charge < -0.3 is 29.9 Å². The molecule has 4 heterocycles. The highest BCUT2D eigenvalue weighted by molar-refractivity contribution is 9.10. The van der Waals surface area contributed by atoms with E-state index in [-0.39, 0.29) is 0 Å². The number of rotatable bonds is 5. The van der Waals surface area contributed by atoms with Gasteiger partial charge in [0.05, 0.1) is 40.0 Å². The molecule has 10 nitrogen and oxygen atoms in total. The molecule has 2 aromatic heterocycles. The van der Waals surface area contributed by atoms with Crippen LogP contribution in [0, 0.1) is 6.92 Å². The highest BCUT2D eigenvalue weighted by Gasteiger charge is 2.32. The Morgan fingerprint density at radius 1 is 1.08 bits per heavy atom. The van der Waals surface area contributed by atoms with E-state index in [2.05, 4.69) is 58.4 Å². The highest BCUT2D eigenvalue weighted by atomic mass is 79.9. The first-order valence-electron chi connectivity index (χ1n) is 12.1. The van der Waals surface area contributed by atoms with Crippen molar-refractivity contribution in [3.8, 4) is 11.5 Å². The van der Waals surface area contributed by atoms with Gasteiger partial charge in [0.2, 0.25) is 5.95 Å². The van der Waals surface area contributed by atoms with Crippen molar-refractivity contribution >= 4 is 55.8 Å². The molecule has 11 heteroatoms. The number of methoxy groups -OCH3 is 1. The van der Waals surface area contributed by atoms with E-state index in [1.807, 2.05) is 31.2 Å². The summed E-state index contributed by atoms with van der Waals surface area (Å²) in [6.07, 6.45) is 5.10. The fourth-order valence-electron chi connectivity index (χ4n) is 4.89. The Labute approximate surface area is 223 Å². The van der Waals surface area contributed by atoms with Crippen LogP contribution >= 0.6 is 15.9 Å². The Bertz CT molecular complexity index is 1480. The van der Waals surface area contributed by atoms with E-state index >= 15 is 0 Å². The smallest absolute Gasteiger partial charge is 0.229 e. The fraction of sp³-hybridized carbons (Fsp3) is 0.308. The van der Waals surface area contributed by atoms with Crippen molar-refractivity contribution in [2.24, 2.45) is 0 Å². The summed E-state index contributed by atoms with van der Waals surface area (Å²) in [7, 11) is 3.82. The van der Waals surface area contributed by atoms with Gasteiger partial charge in [-0.15, -0.1) is 0 Å². The minimum absolute atomic E-state index is 0.336. The zero-order chi connectivity index (χ0) is 25.5. The molecule has 1 fully saturated rings. The van der Waals surface area contributed by atoms with Crippen molar-refractivity contribution in [1.29, 1.82) is 0 Å². The van der Waals surface area contributed by atoms with Crippen molar-refractivity contribution in [3.05, 3.63) is 52.9 Å². The number of ether oxygens (including phenoxy) is 2. The van der Waals surface area contributed by atoms with Gasteiger partial charge in [0.25, 0.3) is 0 Å². The number of aryl methyl sites for hydroxylation is 1. The number of likely N-dealkylation sites (N-methyl/N-ethyl adjacent to an activating group) is 1. The molecule has 1 atom stereocenters. The molecular weight excluding hydrogens is 536 g/mol. The van der Waals surface area contributed by atoms with E-state index in [1.54, 1.807) is 25.7 Å². The maximum absolute atomic E-state index is 6.15. The van der Waals surface area contributed by atoms with Gasteiger partial charge in [-0.05, 0) is 42.0 Å². The summed E-state index contributed by atoms with van der Waals surface area (Å²) in [6.45, 7) is 5.62. The van der Waals surface area contributed by atoms with Crippen molar-refractivity contribution in [2.45, 2.75) is 13.0 Å². The standard InChI is InChI=1S/C26H27BrN8O2/c1-15-18(4-5-19-24(15)29-7-6-28-19)31-25-17(27)12-30-26(33-25)32-20-10-23-21(11-22(20)36-3)35-9-8-34(2)13-16(35)14-37-23/h4-7,10-12,16H,8-9,13-14H2,1-3H3,(H2,30,31,32,33). The summed E-state index contributed by atoms with van der Waals surface area (Å²) in [5.41, 5.74) is 5.36. The van der Waals surface area contributed by atoms with E-state index in [0.717, 1.165) is 63.5 Å². The molecule has 2 N–H and O–H groups in total. The van der Waals surface area contributed by atoms with E-state index in [4.69, 9.17) is 14.5 Å². The van der Waals surface area contributed by atoms with Crippen LogP contribution in [0.4, 0.5) is 28.8 Å². The molecular formula is C26H27BrN8O2. The first kappa shape index (κ1) is 23.7. The first-order valence-corrected chi connectivity index (χ1v) is 12.9. The summed E-state index contributed by atoms with van der Waals surface area (Å²) in [5.74, 6) is 2.58. The average molecular weight is 563 g/mol. The number of halogens is 1. The van der Waals surface area contributed by atoms with Gasteiger partial charge in [0.15, 0.2) is 0 Å². The van der Waals surface area contributed by atoms with Gasteiger partial charge in [0.1, 0.15) is 23.9 Å². The Morgan fingerprint density at radius 2 is 1.95 bits per heavy atom. The zero-order valence-corrected chi connectivity index (χ0v) is 22.4. The minimum Gasteiger partial charge on any atom is -0.494 e. The van der Waals surface area contributed by atoms with Crippen LogP contribution < -0.4 is 25.0 Å². The molecule has 1 unspecified atom stereocenters. The predicted octanol–water partition coefficient (Wildman–Crippen LogP) is 4.50. The molecule has 0 radical (unpaired) electrons. The molecule has 0 saturated carbocycles. The van der Waals surface area contributed by atoms with Gasteiger partial charge in [-0.25, -0.2) is 4.98 Å². The van der Waals surface area contributed by atoms with Crippen LogP contribution in [0.1, 0.15) is 5.56 Å². The van der Waals surface area contributed by atoms with Gasteiger partial charge in [-0.2, -0.15) is 4.98 Å². The Kier molecular flexibility index (Phi) is 6.17. The maximum Gasteiger partial charge on any atom is 0.229 e. The Balaban J connectivity index is 1.28. The second-order valence-electron chi connectivity index (χ2n) is 9.24. The monoisotopic (exact) mass is 562 g/mol. The number of hydrogen-bond acceptors (Lipinski definition) is 10. The van der Waals surface area contributed by atoms with Crippen LogP contribution in [0.3, 0.4) is 0 Å². The lowest BCUT2D eigenvalue weighted by Crippen LogP contribution is -2.56. The van der Waals surface area contributed by atoms with Crippen molar-refractivity contribution in [1.82, 2.24) is 24.8 Å². The summed E-state index contributed by atoms with van der Waals surface area (Å²) >= 11 is 3.56. The third-order valence-electron chi connectivity index (χ3n) is 6.84. The molecule has 0 aliphatic carbocycles. The van der Waals surface area contributed by atoms with Crippen molar-refractivity contribution in [2.75, 3.05) is 55.9 Å². The molecule has 190 valence electrons. The Morgan fingerprint density at radius 3 is 2.81 bits per heavy atom. The number of benzene rings is 2. The number of nitrogens with one attached hydrogen (secondary N) is 2. The Hall–Kier alpha value is -3.70. The largest absolute Gasteiger partial charge is 0.494 e. The average Bonchev–Trinajstić information content (AvgIpc) is 2.91. The quantitative estimate of drug-likeness (QED) is 0.361. The van der Waals surface area contributed by atoms with E-state index in [1.165, 1.54) is 0 Å². The highest BCUT2D eigenvalue weighted by Crippen LogP contribution is 2.43. The summed E-state index contributed by atoms with van der Waals surface area (Å²) in [5, 5.41) is 6.71. The molecule has 0 amide bonds. The van der Waals surface area contributed by atoms with Crippen LogP contribution in [0.15, 0.2) is 47.3 Å². The molecule has 4 aromatic rings. The normalized spacial score (nSPS) is 17.1. The summed E-state index contributed by atoms with van der Waals surface area (Å²) in [4.78, 5) is 22.8. The third kappa shape index (κ3) is 4.49. The van der Waals surface area contributed by atoms with Gasteiger partial charge >= 0.3 is 0 Å². The topological polar surface area (TPSA) is 101 Å².